The second kappa shape index (κ2) is 9.03. The maximum Gasteiger partial charge on any atom is 0.265 e. The summed E-state index contributed by atoms with van der Waals surface area (Å²) in [6, 6.07) is 3.58. The number of benzene rings is 1. The molecule has 5 nitrogen and oxygen atoms in total. The number of hydrogen-bond donors (Lipinski definition) is 1. The van der Waals surface area contributed by atoms with Crippen molar-refractivity contribution in [1.29, 1.82) is 0 Å². The largest absolute Gasteiger partial charge is 0.352 e. The zero-order valence-electron chi connectivity index (χ0n) is 14.8. The molecule has 1 fully saturated rings. The second-order valence-corrected chi connectivity index (χ2v) is 7.58. The number of carbonyl (C=O) groups is 2. The highest BCUT2D eigenvalue weighted by Crippen LogP contribution is 2.23. The van der Waals surface area contributed by atoms with Gasteiger partial charge < -0.3 is 10.2 Å². The molecule has 0 radical (unpaired) electrons. The van der Waals surface area contributed by atoms with E-state index < -0.39 is 11.6 Å². The average molecular weight is 393 g/mol. The van der Waals surface area contributed by atoms with Gasteiger partial charge in [-0.3, -0.25) is 14.6 Å². The first kappa shape index (κ1) is 19.4. The number of hydrogen-bond acceptors (Lipinski definition) is 4. The Hall–Kier alpha value is -2.35. The van der Waals surface area contributed by atoms with E-state index in [4.69, 9.17) is 0 Å². The van der Waals surface area contributed by atoms with E-state index in [-0.39, 0.29) is 24.3 Å². The van der Waals surface area contributed by atoms with Gasteiger partial charge >= 0.3 is 0 Å². The van der Waals surface area contributed by atoms with Crippen LogP contribution >= 0.6 is 11.3 Å². The summed E-state index contributed by atoms with van der Waals surface area (Å²) in [6.07, 6.45) is 4.53. The fraction of sp³-hybridized carbons (Fsp3) is 0.421. The maximum absolute atomic E-state index is 13.2. The molecule has 1 aromatic carbocycles. The molecule has 0 spiro atoms. The Morgan fingerprint density at radius 2 is 2.15 bits per heavy atom. The van der Waals surface area contributed by atoms with Crippen molar-refractivity contribution in [3.8, 4) is 0 Å². The van der Waals surface area contributed by atoms with Gasteiger partial charge in [0.1, 0.15) is 4.88 Å². The number of nitrogens with zero attached hydrogens (tertiary/aromatic N) is 2. The Morgan fingerprint density at radius 3 is 2.89 bits per heavy atom. The topological polar surface area (TPSA) is 62.3 Å². The molecule has 2 aromatic rings. The number of rotatable bonds is 6. The first-order chi connectivity index (χ1) is 13.0. The lowest BCUT2D eigenvalue weighted by atomic mass is 9.93. The van der Waals surface area contributed by atoms with Crippen LogP contribution < -0.4 is 5.32 Å². The summed E-state index contributed by atoms with van der Waals surface area (Å²) in [7, 11) is 0. The van der Waals surface area contributed by atoms with Gasteiger partial charge in [-0.25, -0.2) is 8.78 Å². The summed E-state index contributed by atoms with van der Waals surface area (Å²) in [5, 5.41) is 2.73. The van der Waals surface area contributed by atoms with Gasteiger partial charge in [-0.1, -0.05) is 6.07 Å². The van der Waals surface area contributed by atoms with E-state index in [1.165, 1.54) is 17.4 Å². The lowest BCUT2D eigenvalue weighted by molar-refractivity contribution is -0.121. The van der Waals surface area contributed by atoms with E-state index >= 15 is 0 Å². The van der Waals surface area contributed by atoms with Crippen LogP contribution in [0.3, 0.4) is 0 Å². The minimum absolute atomic E-state index is 0.00462. The molecular formula is C19H21F2N3O2S. The highest BCUT2D eigenvalue weighted by molar-refractivity contribution is 7.11. The van der Waals surface area contributed by atoms with Crippen LogP contribution in [0, 0.1) is 17.6 Å². The van der Waals surface area contributed by atoms with Gasteiger partial charge in [0.05, 0.1) is 11.7 Å². The molecular weight excluding hydrogens is 372 g/mol. The van der Waals surface area contributed by atoms with Crippen LogP contribution in [0.1, 0.15) is 40.9 Å². The minimum Gasteiger partial charge on any atom is -0.352 e. The number of amides is 2. The molecule has 27 heavy (non-hydrogen) atoms. The molecule has 1 N–H and O–H groups in total. The monoisotopic (exact) mass is 393 g/mol. The number of nitrogens with one attached hydrogen (secondary N) is 1. The highest BCUT2D eigenvalue weighted by atomic mass is 32.1. The van der Waals surface area contributed by atoms with Gasteiger partial charge in [0.2, 0.25) is 5.91 Å². The van der Waals surface area contributed by atoms with E-state index in [0.29, 0.717) is 29.8 Å². The number of aromatic nitrogens is 1. The Bertz CT molecular complexity index is 798. The van der Waals surface area contributed by atoms with Crippen molar-refractivity contribution >= 4 is 23.2 Å². The van der Waals surface area contributed by atoms with Gasteiger partial charge in [-0.2, -0.15) is 0 Å². The van der Waals surface area contributed by atoms with E-state index in [1.807, 2.05) is 4.90 Å². The number of piperidine rings is 1. The number of likely N-dealkylation sites (tertiary alicyclic amines) is 1. The van der Waals surface area contributed by atoms with E-state index in [2.05, 4.69) is 10.3 Å². The molecule has 0 saturated carbocycles. The highest BCUT2D eigenvalue weighted by Gasteiger charge is 2.25. The number of thiazole rings is 1. The van der Waals surface area contributed by atoms with E-state index in [1.54, 1.807) is 11.7 Å². The molecule has 0 unspecified atom stereocenters. The number of carbonyl (C=O) groups excluding carboxylic acids is 2. The molecule has 1 aromatic heterocycles. The van der Waals surface area contributed by atoms with Gasteiger partial charge in [-0.05, 0) is 42.9 Å². The van der Waals surface area contributed by atoms with Crippen molar-refractivity contribution in [3.63, 3.8) is 0 Å². The molecule has 3 rings (SSSR count). The van der Waals surface area contributed by atoms with E-state index in [0.717, 1.165) is 31.5 Å². The Labute approximate surface area is 160 Å². The first-order valence-electron chi connectivity index (χ1n) is 8.91. The molecule has 2 amide bonds. The lowest BCUT2D eigenvalue weighted by Crippen LogP contribution is -2.40. The zero-order valence-corrected chi connectivity index (χ0v) is 15.6. The Kier molecular flexibility index (Phi) is 6.49. The maximum atomic E-state index is 13.2. The Balaban J connectivity index is 1.43. The van der Waals surface area contributed by atoms with Gasteiger partial charge in [-0.15, -0.1) is 11.3 Å². The van der Waals surface area contributed by atoms with Gasteiger partial charge in [0.25, 0.3) is 5.91 Å². The standard InChI is InChI=1S/C19H21F2N3O2S/c20-15-5-3-14(8-16(15)21)9-23-18(25)6-4-13-2-1-7-24(11-13)19(26)17-10-22-12-27-17/h3,5,8,10,12-13H,1-2,4,6-7,9,11H2,(H,23,25)/t13-/m0/s1. The SMILES string of the molecule is O=C(CC[C@@H]1CCCN(C(=O)c2cncs2)C1)NCc1ccc(F)c(F)c1. The van der Waals surface area contributed by atoms with Crippen molar-refractivity contribution in [1.82, 2.24) is 15.2 Å². The molecule has 2 heterocycles. The van der Waals surface area contributed by atoms with Crippen molar-refractivity contribution in [2.75, 3.05) is 13.1 Å². The molecule has 8 heteroatoms. The fourth-order valence-corrected chi connectivity index (χ4v) is 3.82. The average Bonchev–Trinajstić information content (AvgIpc) is 3.21. The lowest BCUT2D eigenvalue weighted by Gasteiger charge is -2.32. The van der Waals surface area contributed by atoms with Gasteiger partial charge in [0, 0.05) is 26.1 Å². The predicted octanol–water partition coefficient (Wildman–Crippen LogP) is 3.37. The van der Waals surface area contributed by atoms with Crippen molar-refractivity contribution in [3.05, 3.63) is 52.0 Å². The van der Waals surface area contributed by atoms with Gasteiger partial charge in [0.15, 0.2) is 11.6 Å². The molecule has 1 saturated heterocycles. The molecule has 144 valence electrons. The molecule has 0 aliphatic carbocycles. The second-order valence-electron chi connectivity index (χ2n) is 6.69. The van der Waals surface area contributed by atoms with Crippen LogP contribution in [0.4, 0.5) is 8.78 Å². The van der Waals surface area contributed by atoms with Crippen molar-refractivity contribution in [2.45, 2.75) is 32.2 Å². The minimum atomic E-state index is -0.922. The third-order valence-corrected chi connectivity index (χ3v) is 5.46. The summed E-state index contributed by atoms with van der Waals surface area (Å²) in [5.41, 5.74) is 2.16. The van der Waals surface area contributed by atoms with Crippen molar-refractivity contribution < 1.29 is 18.4 Å². The summed E-state index contributed by atoms with van der Waals surface area (Å²) >= 11 is 1.33. The van der Waals surface area contributed by atoms with Crippen LogP contribution in [0.25, 0.3) is 0 Å². The van der Waals surface area contributed by atoms with Crippen LogP contribution in [0.5, 0.6) is 0 Å². The summed E-state index contributed by atoms with van der Waals surface area (Å²) in [6.45, 7) is 1.54. The quantitative estimate of drug-likeness (QED) is 0.819. The third kappa shape index (κ3) is 5.32. The number of halogens is 2. The molecule has 1 atom stereocenters. The molecule has 1 aliphatic rings. The summed E-state index contributed by atoms with van der Waals surface area (Å²) in [4.78, 5) is 30.9. The zero-order chi connectivity index (χ0) is 19.2. The predicted molar refractivity (Wildman–Crippen MR) is 98.2 cm³/mol. The van der Waals surface area contributed by atoms with Crippen LogP contribution in [-0.4, -0.2) is 34.8 Å². The van der Waals surface area contributed by atoms with Crippen molar-refractivity contribution in [2.24, 2.45) is 5.92 Å². The van der Waals surface area contributed by atoms with Crippen LogP contribution in [-0.2, 0) is 11.3 Å². The smallest absolute Gasteiger partial charge is 0.265 e. The normalized spacial score (nSPS) is 17.0. The first-order valence-corrected chi connectivity index (χ1v) is 9.79. The third-order valence-electron chi connectivity index (χ3n) is 4.70. The van der Waals surface area contributed by atoms with Crippen LogP contribution in [0.15, 0.2) is 29.9 Å². The molecule has 0 bridgehead atoms. The summed E-state index contributed by atoms with van der Waals surface area (Å²) in [5.74, 6) is -1.67. The molecule has 1 aliphatic heterocycles. The van der Waals surface area contributed by atoms with Crippen LogP contribution in [0.2, 0.25) is 0 Å². The Morgan fingerprint density at radius 1 is 1.30 bits per heavy atom. The van der Waals surface area contributed by atoms with E-state index in [9.17, 15) is 18.4 Å². The fourth-order valence-electron chi connectivity index (χ4n) is 3.24. The summed E-state index contributed by atoms with van der Waals surface area (Å²) < 4.78 is 26.1.